The number of fused-ring (bicyclic) bond motifs is 1. The molecule has 0 saturated carbocycles. The molecule has 6 heteroatoms. The van der Waals surface area contributed by atoms with Gasteiger partial charge in [-0.1, -0.05) is 12.1 Å². The first kappa shape index (κ1) is 12.4. The van der Waals surface area contributed by atoms with Crippen molar-refractivity contribution in [1.82, 2.24) is 10.5 Å². The third-order valence-corrected chi connectivity index (χ3v) is 3.13. The van der Waals surface area contributed by atoms with E-state index in [2.05, 4.69) is 10.5 Å². The average Bonchev–Trinajstić information content (AvgIpc) is 2.67. The van der Waals surface area contributed by atoms with Crippen molar-refractivity contribution in [2.75, 3.05) is 6.54 Å². The predicted molar refractivity (Wildman–Crippen MR) is 55.5 cm³/mol. The summed E-state index contributed by atoms with van der Waals surface area (Å²) in [7, 11) is 0. The van der Waals surface area contributed by atoms with E-state index in [9.17, 15) is 13.2 Å². The van der Waals surface area contributed by atoms with E-state index in [0.29, 0.717) is 30.0 Å². The van der Waals surface area contributed by atoms with Gasteiger partial charge >= 0.3 is 6.18 Å². The van der Waals surface area contributed by atoms with Crippen molar-refractivity contribution >= 4 is 0 Å². The molecule has 17 heavy (non-hydrogen) atoms. The van der Waals surface area contributed by atoms with E-state index in [1.807, 2.05) is 6.92 Å². The molecule has 1 aromatic heterocycles. The minimum Gasteiger partial charge on any atom is -0.361 e. The van der Waals surface area contributed by atoms with Gasteiger partial charge in [-0.15, -0.1) is 0 Å². The van der Waals surface area contributed by atoms with Gasteiger partial charge in [0.25, 0.3) is 0 Å². The van der Waals surface area contributed by atoms with Crippen molar-refractivity contribution in [1.29, 1.82) is 0 Å². The second kappa shape index (κ2) is 4.68. The number of rotatable bonds is 3. The number of halogens is 3. The van der Waals surface area contributed by atoms with Gasteiger partial charge in [0.05, 0.1) is 5.92 Å². The van der Waals surface area contributed by atoms with E-state index < -0.39 is 12.1 Å². The fourth-order valence-corrected chi connectivity index (χ4v) is 2.13. The summed E-state index contributed by atoms with van der Waals surface area (Å²) in [5, 5.41) is 6.90. The smallest absolute Gasteiger partial charge is 0.361 e. The van der Waals surface area contributed by atoms with Crippen molar-refractivity contribution in [2.24, 2.45) is 5.92 Å². The Morgan fingerprint density at radius 3 is 2.88 bits per heavy atom. The molecule has 3 nitrogen and oxygen atoms in total. The Bertz CT molecular complexity index is 387. The maximum Gasteiger partial charge on any atom is 0.392 e. The van der Waals surface area contributed by atoms with Gasteiger partial charge in [-0.25, -0.2) is 0 Å². The lowest BCUT2D eigenvalue weighted by atomic mass is 9.86. The molecule has 1 aliphatic rings. The Kier molecular flexibility index (Phi) is 3.42. The molecule has 1 aliphatic carbocycles. The van der Waals surface area contributed by atoms with E-state index in [1.54, 1.807) is 0 Å². The Labute approximate surface area is 97.4 Å². The second-order valence-electron chi connectivity index (χ2n) is 4.29. The standard InChI is InChI=1S/C11H15F3N2O/c1-2-15-6-9-8-5-7(11(12,13)14)3-4-10(8)17-16-9/h7,15H,2-6H2,1H3. The lowest BCUT2D eigenvalue weighted by Gasteiger charge is -2.23. The van der Waals surface area contributed by atoms with Crippen molar-refractivity contribution in [3.63, 3.8) is 0 Å². The van der Waals surface area contributed by atoms with Crippen LogP contribution in [0.3, 0.4) is 0 Å². The highest BCUT2D eigenvalue weighted by Crippen LogP contribution is 2.37. The van der Waals surface area contributed by atoms with Gasteiger partial charge in [0.1, 0.15) is 11.5 Å². The summed E-state index contributed by atoms with van der Waals surface area (Å²) in [5.74, 6) is -0.631. The second-order valence-corrected chi connectivity index (χ2v) is 4.29. The first-order chi connectivity index (χ1) is 8.02. The number of nitrogens with zero attached hydrogens (tertiary/aromatic N) is 1. The molecule has 0 saturated heterocycles. The molecule has 0 fully saturated rings. The summed E-state index contributed by atoms with van der Waals surface area (Å²) >= 11 is 0. The summed E-state index contributed by atoms with van der Waals surface area (Å²) in [5.41, 5.74) is 1.27. The molecule has 0 bridgehead atoms. The summed E-state index contributed by atoms with van der Waals surface area (Å²) in [6, 6.07) is 0. The molecule has 1 unspecified atom stereocenters. The van der Waals surface area contributed by atoms with Crippen molar-refractivity contribution in [3.05, 3.63) is 17.0 Å². The van der Waals surface area contributed by atoms with Crippen molar-refractivity contribution in [3.8, 4) is 0 Å². The van der Waals surface area contributed by atoms with E-state index in [1.165, 1.54) is 0 Å². The Hall–Kier alpha value is -1.04. The molecule has 0 radical (unpaired) electrons. The molecule has 0 amide bonds. The van der Waals surface area contributed by atoms with Crippen LogP contribution in [0.25, 0.3) is 0 Å². The average molecular weight is 248 g/mol. The fourth-order valence-electron chi connectivity index (χ4n) is 2.13. The van der Waals surface area contributed by atoms with Crippen LogP contribution in [0.4, 0.5) is 13.2 Å². The number of nitrogens with one attached hydrogen (secondary N) is 1. The maximum absolute atomic E-state index is 12.7. The highest BCUT2D eigenvalue weighted by molar-refractivity contribution is 5.26. The van der Waals surface area contributed by atoms with Crippen LogP contribution in [-0.2, 0) is 19.4 Å². The van der Waals surface area contributed by atoms with Crippen LogP contribution in [0.1, 0.15) is 30.4 Å². The zero-order valence-corrected chi connectivity index (χ0v) is 9.60. The van der Waals surface area contributed by atoms with Gasteiger partial charge in [-0.3, -0.25) is 0 Å². The van der Waals surface area contributed by atoms with Gasteiger partial charge in [0, 0.05) is 18.5 Å². The van der Waals surface area contributed by atoms with Crippen LogP contribution < -0.4 is 5.32 Å². The molecule has 0 aliphatic heterocycles. The summed E-state index contributed by atoms with van der Waals surface area (Å²) in [6.07, 6.45) is -3.68. The largest absolute Gasteiger partial charge is 0.392 e. The maximum atomic E-state index is 12.7. The quantitative estimate of drug-likeness (QED) is 0.892. The fraction of sp³-hybridized carbons (Fsp3) is 0.727. The topological polar surface area (TPSA) is 38.1 Å². The number of alkyl halides is 3. The van der Waals surface area contributed by atoms with Crippen LogP contribution >= 0.6 is 0 Å². The first-order valence-corrected chi connectivity index (χ1v) is 5.76. The van der Waals surface area contributed by atoms with Gasteiger partial charge in [0.15, 0.2) is 0 Å². The molecule has 1 atom stereocenters. The van der Waals surface area contributed by atoms with Crippen LogP contribution in [0.5, 0.6) is 0 Å². The molecule has 0 aromatic carbocycles. The Morgan fingerprint density at radius 1 is 1.47 bits per heavy atom. The van der Waals surface area contributed by atoms with Gasteiger partial charge in [-0.2, -0.15) is 13.2 Å². The van der Waals surface area contributed by atoms with Gasteiger partial charge < -0.3 is 9.84 Å². The van der Waals surface area contributed by atoms with Crippen molar-refractivity contribution < 1.29 is 17.7 Å². The van der Waals surface area contributed by atoms with E-state index in [0.717, 1.165) is 6.54 Å². The molecule has 96 valence electrons. The molecule has 1 aromatic rings. The predicted octanol–water partition coefficient (Wildman–Crippen LogP) is 2.45. The third-order valence-electron chi connectivity index (χ3n) is 3.13. The summed E-state index contributed by atoms with van der Waals surface area (Å²) in [6.45, 7) is 3.16. The van der Waals surface area contributed by atoms with Crippen LogP contribution in [-0.4, -0.2) is 17.9 Å². The van der Waals surface area contributed by atoms with Crippen LogP contribution in [0, 0.1) is 5.92 Å². The zero-order valence-electron chi connectivity index (χ0n) is 9.60. The lowest BCUT2D eigenvalue weighted by Crippen LogP contribution is -2.29. The lowest BCUT2D eigenvalue weighted by molar-refractivity contribution is -0.177. The van der Waals surface area contributed by atoms with Gasteiger partial charge in [-0.05, 0) is 19.4 Å². The van der Waals surface area contributed by atoms with Crippen LogP contribution in [0.2, 0.25) is 0 Å². The highest BCUT2D eigenvalue weighted by Gasteiger charge is 2.42. The normalized spacial score (nSPS) is 20.4. The minimum absolute atomic E-state index is 0.00304. The number of hydrogen-bond donors (Lipinski definition) is 1. The molecule has 1 N–H and O–H groups in total. The SMILES string of the molecule is CCNCc1noc2c1CC(C(F)(F)F)CC2. The molecule has 0 spiro atoms. The van der Waals surface area contributed by atoms with Crippen molar-refractivity contribution in [2.45, 2.75) is 38.9 Å². The monoisotopic (exact) mass is 248 g/mol. The zero-order chi connectivity index (χ0) is 12.5. The van der Waals surface area contributed by atoms with E-state index >= 15 is 0 Å². The highest BCUT2D eigenvalue weighted by atomic mass is 19.4. The number of aryl methyl sites for hydroxylation is 1. The van der Waals surface area contributed by atoms with Crippen LogP contribution in [0.15, 0.2) is 4.52 Å². The first-order valence-electron chi connectivity index (χ1n) is 5.76. The van der Waals surface area contributed by atoms with Gasteiger partial charge in [0.2, 0.25) is 0 Å². The summed E-state index contributed by atoms with van der Waals surface area (Å²) in [4.78, 5) is 0. The molecule has 1 heterocycles. The Morgan fingerprint density at radius 2 is 2.24 bits per heavy atom. The Balaban J connectivity index is 2.14. The van der Waals surface area contributed by atoms with E-state index in [4.69, 9.17) is 4.52 Å². The molecular formula is C11H15F3N2O. The molecule has 2 rings (SSSR count). The minimum atomic E-state index is -4.12. The number of aromatic nitrogens is 1. The number of hydrogen-bond acceptors (Lipinski definition) is 3. The molecular weight excluding hydrogens is 233 g/mol. The third kappa shape index (κ3) is 2.62. The summed E-state index contributed by atoms with van der Waals surface area (Å²) < 4.78 is 43.1. The van der Waals surface area contributed by atoms with E-state index in [-0.39, 0.29) is 12.8 Å².